The molecule has 19 heavy (non-hydrogen) atoms. The van der Waals surface area contributed by atoms with Crippen molar-refractivity contribution in [3.63, 3.8) is 0 Å². The summed E-state index contributed by atoms with van der Waals surface area (Å²) in [6.07, 6.45) is 0.984. The van der Waals surface area contributed by atoms with E-state index in [1.165, 1.54) is 0 Å². The number of hydrogen-bond acceptors (Lipinski definition) is 6. The fourth-order valence-corrected chi connectivity index (χ4v) is 2.26. The zero-order valence-electron chi connectivity index (χ0n) is 11.2. The Balaban J connectivity index is 1.80. The minimum Gasteiger partial charge on any atom is -0.480 e. The summed E-state index contributed by atoms with van der Waals surface area (Å²) in [5.41, 5.74) is -0.374. The fourth-order valence-electron chi connectivity index (χ4n) is 2.26. The summed E-state index contributed by atoms with van der Waals surface area (Å²) >= 11 is 0. The van der Waals surface area contributed by atoms with Gasteiger partial charge in [0.1, 0.15) is 6.61 Å². The maximum Gasteiger partial charge on any atom is 0.329 e. The maximum atomic E-state index is 10.5. The van der Waals surface area contributed by atoms with E-state index >= 15 is 0 Å². The summed E-state index contributed by atoms with van der Waals surface area (Å²) < 4.78 is 7.15. The van der Waals surface area contributed by atoms with E-state index < -0.39 is 5.97 Å². The van der Waals surface area contributed by atoms with Crippen LogP contribution in [0.4, 0.5) is 0 Å². The number of likely N-dealkylation sites (tertiary alicyclic amines) is 1. The van der Waals surface area contributed by atoms with E-state index in [1.807, 2.05) is 6.92 Å². The zero-order valence-corrected chi connectivity index (χ0v) is 11.2. The van der Waals surface area contributed by atoms with E-state index in [4.69, 9.17) is 9.84 Å². The molecule has 1 aliphatic heterocycles. The molecule has 1 N–H and O–H groups in total. The van der Waals surface area contributed by atoms with Gasteiger partial charge in [-0.05, 0) is 23.8 Å². The lowest BCUT2D eigenvalue weighted by Crippen LogP contribution is -2.61. The number of carboxylic acids is 1. The molecule has 1 aromatic heterocycles. The van der Waals surface area contributed by atoms with Crippen molar-refractivity contribution in [2.45, 2.75) is 39.0 Å². The molecule has 0 amide bonds. The number of carboxylic acid groups (broad SMARTS) is 1. The first-order chi connectivity index (χ1) is 9.02. The fraction of sp³-hybridized carbons (Fsp3) is 0.818. The van der Waals surface area contributed by atoms with E-state index in [-0.39, 0.29) is 12.2 Å². The lowest BCUT2D eigenvalue weighted by Gasteiger charge is -2.47. The number of carbonyl (C=O) groups is 1. The zero-order chi connectivity index (χ0) is 13.9. The van der Waals surface area contributed by atoms with Gasteiger partial charge in [-0.2, -0.15) is 0 Å². The number of rotatable bonds is 7. The van der Waals surface area contributed by atoms with E-state index in [1.54, 1.807) is 4.68 Å². The monoisotopic (exact) mass is 269 g/mol. The van der Waals surface area contributed by atoms with Crippen molar-refractivity contribution in [1.82, 2.24) is 25.1 Å². The van der Waals surface area contributed by atoms with Crippen molar-refractivity contribution in [2.75, 3.05) is 19.7 Å². The summed E-state index contributed by atoms with van der Waals surface area (Å²) in [6.45, 7) is 6.60. The Hall–Kier alpha value is -1.54. The topological polar surface area (TPSA) is 93.4 Å². The first kappa shape index (κ1) is 13.9. The molecule has 0 atom stereocenters. The number of tetrazole rings is 1. The number of aromatic nitrogens is 4. The Labute approximate surface area is 111 Å². The third kappa shape index (κ3) is 3.48. The van der Waals surface area contributed by atoms with Crippen LogP contribution in [0.2, 0.25) is 0 Å². The molecule has 8 heteroatoms. The van der Waals surface area contributed by atoms with Gasteiger partial charge in [-0.1, -0.05) is 6.92 Å². The van der Waals surface area contributed by atoms with Crippen LogP contribution in [0.25, 0.3) is 0 Å². The van der Waals surface area contributed by atoms with Crippen LogP contribution in [0.3, 0.4) is 0 Å². The Kier molecular flexibility index (Phi) is 4.11. The first-order valence-electron chi connectivity index (χ1n) is 6.35. The molecule has 0 spiro atoms. The first-order valence-corrected chi connectivity index (χ1v) is 6.35. The highest BCUT2D eigenvalue weighted by molar-refractivity contribution is 5.68. The van der Waals surface area contributed by atoms with Crippen LogP contribution in [0.5, 0.6) is 0 Å². The minimum atomic E-state index is -0.938. The molecule has 0 aromatic carbocycles. The van der Waals surface area contributed by atoms with Gasteiger partial charge in [-0.15, -0.1) is 5.10 Å². The van der Waals surface area contributed by atoms with Gasteiger partial charge in [0.25, 0.3) is 0 Å². The van der Waals surface area contributed by atoms with Crippen molar-refractivity contribution in [3.8, 4) is 0 Å². The summed E-state index contributed by atoms with van der Waals surface area (Å²) in [6, 6.07) is 0. The molecule has 0 bridgehead atoms. The van der Waals surface area contributed by atoms with Crippen LogP contribution in [-0.2, 0) is 22.6 Å². The summed E-state index contributed by atoms with van der Waals surface area (Å²) in [7, 11) is 0. The van der Waals surface area contributed by atoms with Crippen LogP contribution in [0.1, 0.15) is 26.1 Å². The summed E-state index contributed by atoms with van der Waals surface area (Å²) in [5.74, 6) is -0.103. The lowest BCUT2D eigenvalue weighted by atomic mass is 9.96. The second kappa shape index (κ2) is 5.62. The standard InChI is InChI=1S/C11H19N5O3/c1-3-4-16-9(12-13-14-16)5-15-7-11(2,8-15)19-6-10(17)18/h3-8H2,1-2H3,(H,17,18). The van der Waals surface area contributed by atoms with Gasteiger partial charge in [0, 0.05) is 19.6 Å². The highest BCUT2D eigenvalue weighted by Crippen LogP contribution is 2.25. The predicted octanol–water partition coefficient (Wildman–Crippen LogP) is -0.241. The average molecular weight is 269 g/mol. The van der Waals surface area contributed by atoms with Crippen LogP contribution in [0, 0.1) is 0 Å². The smallest absolute Gasteiger partial charge is 0.329 e. The average Bonchev–Trinajstić information content (AvgIpc) is 2.73. The molecule has 0 saturated carbocycles. The Morgan fingerprint density at radius 2 is 2.26 bits per heavy atom. The summed E-state index contributed by atoms with van der Waals surface area (Å²) in [4.78, 5) is 12.6. The number of hydrogen-bond donors (Lipinski definition) is 1. The molecule has 1 fully saturated rings. The molecule has 1 aromatic rings. The molecular formula is C11H19N5O3. The van der Waals surface area contributed by atoms with E-state index in [0.29, 0.717) is 19.6 Å². The van der Waals surface area contributed by atoms with Crippen molar-refractivity contribution in [3.05, 3.63) is 5.82 Å². The molecule has 2 heterocycles. The Morgan fingerprint density at radius 3 is 2.89 bits per heavy atom. The molecule has 0 aliphatic carbocycles. The third-order valence-electron chi connectivity index (χ3n) is 3.07. The van der Waals surface area contributed by atoms with Gasteiger partial charge in [0.15, 0.2) is 5.82 Å². The highest BCUT2D eigenvalue weighted by atomic mass is 16.5. The van der Waals surface area contributed by atoms with Gasteiger partial charge in [-0.25, -0.2) is 9.48 Å². The molecule has 1 aliphatic rings. The molecule has 106 valence electrons. The van der Waals surface area contributed by atoms with E-state index in [9.17, 15) is 4.79 Å². The predicted molar refractivity (Wildman–Crippen MR) is 65.4 cm³/mol. The molecular weight excluding hydrogens is 250 g/mol. The van der Waals surface area contributed by atoms with Crippen LogP contribution in [0.15, 0.2) is 0 Å². The largest absolute Gasteiger partial charge is 0.480 e. The van der Waals surface area contributed by atoms with Crippen LogP contribution in [-0.4, -0.2) is 61.5 Å². The van der Waals surface area contributed by atoms with Gasteiger partial charge in [0.05, 0.1) is 12.1 Å². The number of ether oxygens (including phenoxy) is 1. The lowest BCUT2D eigenvalue weighted by molar-refractivity contribution is -0.166. The van der Waals surface area contributed by atoms with E-state index in [0.717, 1.165) is 18.8 Å². The van der Waals surface area contributed by atoms with Crippen molar-refractivity contribution in [2.24, 2.45) is 0 Å². The van der Waals surface area contributed by atoms with Gasteiger partial charge < -0.3 is 9.84 Å². The van der Waals surface area contributed by atoms with E-state index in [2.05, 4.69) is 27.3 Å². The van der Waals surface area contributed by atoms with Gasteiger partial charge >= 0.3 is 5.97 Å². The SMILES string of the molecule is CCCn1nnnc1CN1CC(C)(OCC(=O)O)C1. The Morgan fingerprint density at radius 1 is 1.53 bits per heavy atom. The number of nitrogens with zero attached hydrogens (tertiary/aromatic N) is 5. The molecule has 8 nitrogen and oxygen atoms in total. The molecule has 1 saturated heterocycles. The van der Waals surface area contributed by atoms with Crippen molar-refractivity contribution < 1.29 is 14.6 Å². The Bertz CT molecular complexity index is 441. The number of aliphatic carboxylic acids is 1. The molecule has 2 rings (SSSR count). The van der Waals surface area contributed by atoms with Gasteiger partial charge in [0.2, 0.25) is 0 Å². The second-order valence-electron chi connectivity index (χ2n) is 5.10. The minimum absolute atomic E-state index is 0.252. The highest BCUT2D eigenvalue weighted by Gasteiger charge is 2.40. The quantitative estimate of drug-likeness (QED) is 0.730. The normalized spacial score (nSPS) is 18.2. The summed E-state index contributed by atoms with van der Waals surface area (Å²) in [5, 5.41) is 20.2. The molecule has 0 radical (unpaired) electrons. The number of aryl methyl sites for hydroxylation is 1. The van der Waals surface area contributed by atoms with Crippen LogP contribution >= 0.6 is 0 Å². The van der Waals surface area contributed by atoms with Gasteiger partial charge in [-0.3, -0.25) is 4.90 Å². The van der Waals surface area contributed by atoms with Crippen LogP contribution < -0.4 is 0 Å². The molecule has 0 unspecified atom stereocenters. The van der Waals surface area contributed by atoms with Crippen molar-refractivity contribution >= 4 is 5.97 Å². The second-order valence-corrected chi connectivity index (χ2v) is 5.10. The maximum absolute atomic E-state index is 10.5. The van der Waals surface area contributed by atoms with Crippen molar-refractivity contribution in [1.29, 1.82) is 0 Å². The third-order valence-corrected chi connectivity index (χ3v) is 3.07.